The summed E-state index contributed by atoms with van der Waals surface area (Å²) < 4.78 is 4.65. The van der Waals surface area contributed by atoms with E-state index < -0.39 is 5.69 Å². The molecule has 2 aromatic carbocycles. The zero-order valence-corrected chi connectivity index (χ0v) is 23.1. The molecule has 1 fully saturated rings. The van der Waals surface area contributed by atoms with Gasteiger partial charge in [-0.05, 0) is 43.5 Å². The van der Waals surface area contributed by atoms with Gasteiger partial charge in [0.25, 0.3) is 5.56 Å². The molecule has 10 heteroatoms. The van der Waals surface area contributed by atoms with Gasteiger partial charge in [0.2, 0.25) is 5.95 Å². The molecule has 6 rings (SSSR count). The maximum absolute atomic E-state index is 14.2. The van der Waals surface area contributed by atoms with Gasteiger partial charge >= 0.3 is 5.69 Å². The van der Waals surface area contributed by atoms with Gasteiger partial charge in [0, 0.05) is 38.9 Å². The average Bonchev–Trinajstić information content (AvgIpc) is 3.31. The Bertz CT molecular complexity index is 1770. The van der Waals surface area contributed by atoms with Crippen molar-refractivity contribution in [3.63, 3.8) is 0 Å². The maximum Gasteiger partial charge on any atom is 0.332 e. The molecule has 0 radical (unpaired) electrons. The molecular formula is C30H34N8O2. The van der Waals surface area contributed by atoms with E-state index in [-0.39, 0.29) is 24.2 Å². The van der Waals surface area contributed by atoms with Gasteiger partial charge in [-0.3, -0.25) is 18.5 Å². The zero-order valence-electron chi connectivity index (χ0n) is 23.1. The van der Waals surface area contributed by atoms with E-state index >= 15 is 0 Å². The minimum atomic E-state index is -0.407. The average molecular weight is 539 g/mol. The van der Waals surface area contributed by atoms with Crippen molar-refractivity contribution in [2.24, 2.45) is 12.8 Å². The Morgan fingerprint density at radius 2 is 1.80 bits per heavy atom. The van der Waals surface area contributed by atoms with Crippen molar-refractivity contribution in [1.82, 2.24) is 18.7 Å². The molecule has 2 aliphatic rings. The van der Waals surface area contributed by atoms with Crippen LogP contribution in [0.15, 0.2) is 58.1 Å². The van der Waals surface area contributed by atoms with Gasteiger partial charge in [0.05, 0.1) is 30.5 Å². The number of rotatable bonds is 4. The number of fused-ring (bicyclic) bond motifs is 3. The van der Waals surface area contributed by atoms with E-state index in [1.165, 1.54) is 9.13 Å². The summed E-state index contributed by atoms with van der Waals surface area (Å²) >= 11 is 0. The van der Waals surface area contributed by atoms with E-state index in [9.17, 15) is 9.59 Å². The van der Waals surface area contributed by atoms with Gasteiger partial charge in [-0.15, -0.1) is 5.92 Å². The molecule has 2 aromatic heterocycles. The molecular weight excluding hydrogens is 504 g/mol. The first-order valence-electron chi connectivity index (χ1n) is 13.7. The van der Waals surface area contributed by atoms with Crippen LogP contribution in [0.3, 0.4) is 0 Å². The van der Waals surface area contributed by atoms with Crippen LogP contribution in [0.25, 0.3) is 11.2 Å². The van der Waals surface area contributed by atoms with Crippen LogP contribution >= 0.6 is 0 Å². The third kappa shape index (κ3) is 4.23. The van der Waals surface area contributed by atoms with Crippen LogP contribution in [0.1, 0.15) is 31.4 Å². The van der Waals surface area contributed by atoms with E-state index in [1.807, 2.05) is 48.0 Å². The van der Waals surface area contributed by atoms with E-state index in [4.69, 9.17) is 10.7 Å². The Hall–Kier alpha value is -4.49. The number of aryl methyl sites for hydroxylation is 1. The standard InChI is InChI=1S/C30H34N8O2/c1-4-5-17-37-26-27(33-29(37)36-16-10-11-20(31)18-36)35(3)30(40)38(28(26)39)19-23-21-12-6-8-14-24(21)34(2)25-15-9-7-13-22(25)32-23/h6-9,12-15,20,23,32H,10-11,16-19,31H2,1-3H3. The molecule has 0 spiro atoms. The second-order valence-electron chi connectivity index (χ2n) is 10.5. The van der Waals surface area contributed by atoms with Crippen molar-refractivity contribution in [3.05, 3.63) is 74.9 Å². The summed E-state index contributed by atoms with van der Waals surface area (Å²) in [4.78, 5) is 37.0. The van der Waals surface area contributed by atoms with Crippen LogP contribution in [-0.2, 0) is 20.1 Å². The molecule has 0 saturated carbocycles. The molecule has 3 N–H and O–H groups in total. The Balaban J connectivity index is 1.51. The quantitative estimate of drug-likeness (QED) is 0.385. The lowest BCUT2D eigenvalue weighted by Gasteiger charge is -2.31. The lowest BCUT2D eigenvalue weighted by Crippen LogP contribution is -2.44. The predicted molar refractivity (Wildman–Crippen MR) is 159 cm³/mol. The fourth-order valence-electron chi connectivity index (χ4n) is 5.96. The number of aromatic nitrogens is 4. The van der Waals surface area contributed by atoms with Crippen molar-refractivity contribution in [2.45, 2.75) is 44.9 Å². The van der Waals surface area contributed by atoms with Gasteiger partial charge < -0.3 is 20.9 Å². The highest BCUT2D eigenvalue weighted by Crippen LogP contribution is 2.40. The molecule has 0 bridgehead atoms. The normalized spacial score (nSPS) is 18.4. The SMILES string of the molecule is CC#CCn1c(N2CCCC(N)C2)nc2c1c(=O)n(CC1Nc3ccccc3N(C)c3ccccc31)c(=O)n2C. The molecule has 0 amide bonds. The summed E-state index contributed by atoms with van der Waals surface area (Å²) in [5.41, 5.74) is 10.2. The summed E-state index contributed by atoms with van der Waals surface area (Å²) in [6.07, 6.45) is 1.89. The first-order chi connectivity index (χ1) is 19.4. The fourth-order valence-corrected chi connectivity index (χ4v) is 5.96. The molecule has 10 nitrogen and oxygen atoms in total. The number of piperidine rings is 1. The number of nitrogens with one attached hydrogen (secondary N) is 1. The number of hydrogen-bond acceptors (Lipinski definition) is 7. The predicted octanol–water partition coefficient (Wildman–Crippen LogP) is 2.78. The largest absolute Gasteiger partial charge is 0.375 e. The lowest BCUT2D eigenvalue weighted by molar-refractivity contribution is 0.496. The maximum atomic E-state index is 14.2. The molecule has 40 heavy (non-hydrogen) atoms. The Morgan fingerprint density at radius 1 is 1.05 bits per heavy atom. The number of para-hydroxylation sites is 3. The Labute approximate surface area is 232 Å². The van der Waals surface area contributed by atoms with Crippen LogP contribution in [0.4, 0.5) is 23.0 Å². The van der Waals surface area contributed by atoms with Crippen molar-refractivity contribution in [1.29, 1.82) is 0 Å². The third-order valence-electron chi connectivity index (χ3n) is 8.00. The van der Waals surface area contributed by atoms with Gasteiger partial charge in [0.1, 0.15) is 0 Å². The first kappa shape index (κ1) is 25.8. The number of anilines is 4. The first-order valence-corrected chi connectivity index (χ1v) is 13.7. The highest BCUT2D eigenvalue weighted by molar-refractivity contribution is 5.80. The van der Waals surface area contributed by atoms with Crippen LogP contribution in [0, 0.1) is 11.8 Å². The van der Waals surface area contributed by atoms with Crippen molar-refractivity contribution in [3.8, 4) is 11.8 Å². The third-order valence-corrected chi connectivity index (χ3v) is 8.00. The second-order valence-corrected chi connectivity index (χ2v) is 10.5. The van der Waals surface area contributed by atoms with Crippen LogP contribution in [0.5, 0.6) is 0 Å². The summed E-state index contributed by atoms with van der Waals surface area (Å²) in [7, 11) is 3.70. The topological polar surface area (TPSA) is 106 Å². The van der Waals surface area contributed by atoms with Crippen molar-refractivity contribution >= 4 is 34.2 Å². The van der Waals surface area contributed by atoms with Gasteiger partial charge in [-0.25, -0.2) is 4.79 Å². The fraction of sp³-hybridized carbons (Fsp3) is 0.367. The second kappa shape index (κ2) is 10.2. The number of benzene rings is 2. The molecule has 2 aliphatic heterocycles. The van der Waals surface area contributed by atoms with Crippen LogP contribution < -0.4 is 32.1 Å². The van der Waals surface area contributed by atoms with Crippen LogP contribution in [-0.4, -0.2) is 44.9 Å². The Morgan fingerprint density at radius 3 is 2.58 bits per heavy atom. The molecule has 1 saturated heterocycles. The van der Waals surface area contributed by atoms with E-state index in [1.54, 1.807) is 14.0 Å². The summed E-state index contributed by atoms with van der Waals surface area (Å²) in [6.45, 7) is 3.64. The molecule has 206 valence electrons. The van der Waals surface area contributed by atoms with E-state index in [2.05, 4.69) is 39.1 Å². The molecule has 2 atom stereocenters. The summed E-state index contributed by atoms with van der Waals surface area (Å²) in [6, 6.07) is 15.8. The number of imidazole rings is 1. The molecule has 0 aliphatic carbocycles. The van der Waals surface area contributed by atoms with Crippen molar-refractivity contribution < 1.29 is 0 Å². The van der Waals surface area contributed by atoms with E-state index in [0.29, 0.717) is 30.2 Å². The minimum absolute atomic E-state index is 0.0298. The van der Waals surface area contributed by atoms with Crippen molar-refractivity contribution in [2.75, 3.05) is 35.3 Å². The van der Waals surface area contributed by atoms with Gasteiger partial charge in [-0.1, -0.05) is 36.3 Å². The highest BCUT2D eigenvalue weighted by Gasteiger charge is 2.29. The highest BCUT2D eigenvalue weighted by atomic mass is 16.2. The molecule has 4 aromatic rings. The smallest absolute Gasteiger partial charge is 0.332 e. The number of nitrogens with zero attached hydrogens (tertiary/aromatic N) is 6. The van der Waals surface area contributed by atoms with Gasteiger partial charge in [-0.2, -0.15) is 4.98 Å². The zero-order chi connectivity index (χ0) is 28.0. The summed E-state index contributed by atoms with van der Waals surface area (Å²) in [5, 5.41) is 3.61. The lowest BCUT2D eigenvalue weighted by atomic mass is 10.0. The Kier molecular flexibility index (Phi) is 6.60. The van der Waals surface area contributed by atoms with Gasteiger partial charge in [0.15, 0.2) is 11.2 Å². The number of hydrogen-bond donors (Lipinski definition) is 2. The summed E-state index contributed by atoms with van der Waals surface area (Å²) in [5.74, 6) is 6.66. The number of nitrogens with two attached hydrogens (primary N) is 1. The van der Waals surface area contributed by atoms with Crippen LogP contribution in [0.2, 0.25) is 0 Å². The monoisotopic (exact) mass is 538 g/mol. The van der Waals surface area contributed by atoms with E-state index in [0.717, 1.165) is 42.0 Å². The molecule has 2 unspecified atom stereocenters. The molecule has 4 heterocycles. The minimum Gasteiger partial charge on any atom is -0.375 e.